The smallest absolute Gasteiger partial charge is 0.228 e. The predicted octanol–water partition coefficient (Wildman–Crippen LogP) is 1.45. The van der Waals surface area contributed by atoms with Gasteiger partial charge < -0.3 is 49.2 Å². The highest BCUT2D eigenvalue weighted by molar-refractivity contribution is 6.01. The highest BCUT2D eigenvalue weighted by Gasteiger charge is 2.39. The number of rotatable bonds is 16. The number of aliphatic hydroxyl groups excluding tert-OH is 3. The average Bonchev–Trinajstić information content (AvgIpc) is 2.94. The maximum atomic E-state index is 13.1. The van der Waals surface area contributed by atoms with Gasteiger partial charge >= 0.3 is 0 Å². The topological polar surface area (TPSA) is 213 Å². The van der Waals surface area contributed by atoms with E-state index in [4.69, 9.17) is 29.2 Å². The van der Waals surface area contributed by atoms with Gasteiger partial charge in [-0.2, -0.15) is 0 Å². The molecule has 0 amide bonds. The van der Waals surface area contributed by atoms with Crippen LogP contribution in [0.3, 0.4) is 0 Å². The minimum Gasteiger partial charge on any atom is -0.508 e. The van der Waals surface area contributed by atoms with E-state index < -0.39 is 36.1 Å². The van der Waals surface area contributed by atoms with Crippen LogP contribution in [0.2, 0.25) is 0 Å². The third-order valence-electron chi connectivity index (χ3n) is 5.88. The molecule has 0 saturated carbocycles. The number of aromatic hydroxyl groups is 2. The number of Topliss-reactive ketones (excluding diaryl/α,β-unsaturated/α-hetero) is 1. The third-order valence-corrected chi connectivity index (χ3v) is 5.88. The Balaban J connectivity index is 1.65. The van der Waals surface area contributed by atoms with Crippen molar-refractivity contribution in [3.63, 3.8) is 0 Å². The molecule has 3 rings (SSSR count). The maximum Gasteiger partial charge on any atom is 0.228 e. The number of aryl methyl sites for hydroxylation is 1. The number of ether oxygens (including phenoxy) is 5. The fourth-order valence-corrected chi connectivity index (χ4v) is 3.78. The van der Waals surface area contributed by atoms with Crippen molar-refractivity contribution in [3.8, 4) is 23.0 Å². The first-order valence-corrected chi connectivity index (χ1v) is 12.6. The molecular formula is C26H33N3O11. The molecule has 14 nitrogen and oxygen atoms in total. The monoisotopic (exact) mass is 563 g/mol. The molecule has 2 aromatic carbocycles. The molecule has 1 aliphatic rings. The lowest BCUT2D eigenvalue weighted by Crippen LogP contribution is -2.54. The maximum absolute atomic E-state index is 13.1. The average molecular weight is 564 g/mol. The summed E-state index contributed by atoms with van der Waals surface area (Å²) < 4.78 is 27.3. The fraction of sp³-hybridized carbons (Fsp3) is 0.500. The summed E-state index contributed by atoms with van der Waals surface area (Å²) in [5, 5.41) is 53.6. The molecular weight excluding hydrogens is 530 g/mol. The number of hydrogen-bond acceptors (Lipinski definition) is 12. The van der Waals surface area contributed by atoms with Crippen molar-refractivity contribution in [3.05, 3.63) is 58.0 Å². The largest absolute Gasteiger partial charge is 0.508 e. The Morgan fingerprint density at radius 1 is 1.00 bits per heavy atom. The van der Waals surface area contributed by atoms with Crippen LogP contribution in [0, 0.1) is 0 Å². The van der Waals surface area contributed by atoms with Gasteiger partial charge in [-0.15, -0.1) is 0 Å². The molecule has 0 bridgehead atoms. The summed E-state index contributed by atoms with van der Waals surface area (Å²) in [7, 11) is 0. The lowest BCUT2D eigenvalue weighted by Gasteiger charge is -2.35. The van der Waals surface area contributed by atoms with Crippen LogP contribution in [0.25, 0.3) is 10.4 Å². The van der Waals surface area contributed by atoms with Crippen molar-refractivity contribution < 1.29 is 54.0 Å². The number of aliphatic hydroxyl groups is 3. The third kappa shape index (κ3) is 9.24. The molecule has 1 aliphatic heterocycles. The molecule has 2 aromatic rings. The number of carbonyl (C=O) groups is 1. The van der Waals surface area contributed by atoms with Crippen LogP contribution in [0.1, 0.15) is 22.3 Å². The minimum atomic E-state index is -1.63. The molecule has 0 radical (unpaired) electrons. The first-order chi connectivity index (χ1) is 19.3. The van der Waals surface area contributed by atoms with E-state index in [0.29, 0.717) is 13.0 Å². The normalized spacial score (nSPS) is 20.5. The number of carbonyl (C=O) groups excluding carboxylic acids is 1. The van der Waals surface area contributed by atoms with Gasteiger partial charge in [-0.3, -0.25) is 4.79 Å². The van der Waals surface area contributed by atoms with Gasteiger partial charge in [0.1, 0.15) is 53.5 Å². The Morgan fingerprint density at radius 2 is 1.70 bits per heavy atom. The summed E-state index contributed by atoms with van der Waals surface area (Å²) in [6.07, 6.45) is -5.61. The quantitative estimate of drug-likeness (QED) is 0.0648. The number of phenolic OH excluding ortho intramolecular Hbond substituents is 2. The van der Waals surface area contributed by atoms with Gasteiger partial charge in [-0.05, 0) is 29.6 Å². The Kier molecular flexibility index (Phi) is 12.2. The van der Waals surface area contributed by atoms with Gasteiger partial charge in [0.05, 0.1) is 33.0 Å². The number of nitrogens with zero attached hydrogens (tertiary/aromatic N) is 3. The molecule has 0 spiro atoms. The van der Waals surface area contributed by atoms with Crippen molar-refractivity contribution in [1.82, 2.24) is 0 Å². The summed E-state index contributed by atoms with van der Waals surface area (Å²) >= 11 is 0. The van der Waals surface area contributed by atoms with Crippen molar-refractivity contribution in [2.45, 2.75) is 37.4 Å². The SMILES string of the molecule is [N-]=[N+]=NCCOCCOCCOc1cc(O)c(C(=O)CCc2ccc(O)cc2)c(OC2OC[C@@H](O)[C@@H](O)[C@@H]2O)c1. The van der Waals surface area contributed by atoms with E-state index >= 15 is 0 Å². The van der Waals surface area contributed by atoms with Crippen molar-refractivity contribution in [2.24, 2.45) is 5.11 Å². The zero-order chi connectivity index (χ0) is 28.9. The van der Waals surface area contributed by atoms with Crippen LogP contribution in [0.4, 0.5) is 0 Å². The Bertz CT molecular complexity index is 1140. The summed E-state index contributed by atoms with van der Waals surface area (Å²) in [4.78, 5) is 15.8. The van der Waals surface area contributed by atoms with Crippen molar-refractivity contribution in [2.75, 3.05) is 46.2 Å². The van der Waals surface area contributed by atoms with Gasteiger partial charge in [0.2, 0.25) is 6.29 Å². The first kappa shape index (κ1) is 30.9. The number of azide groups is 1. The van der Waals surface area contributed by atoms with E-state index in [1.165, 1.54) is 24.3 Å². The van der Waals surface area contributed by atoms with Gasteiger partial charge in [-0.1, -0.05) is 17.2 Å². The molecule has 1 saturated heterocycles. The minimum absolute atomic E-state index is 0.0108. The fourth-order valence-electron chi connectivity index (χ4n) is 3.78. The van der Waals surface area contributed by atoms with E-state index in [9.17, 15) is 30.3 Å². The molecule has 14 heteroatoms. The molecule has 218 valence electrons. The van der Waals surface area contributed by atoms with Crippen LogP contribution in [0.15, 0.2) is 41.5 Å². The number of phenols is 2. The van der Waals surface area contributed by atoms with Gasteiger partial charge in [-0.25, -0.2) is 0 Å². The second-order valence-electron chi connectivity index (χ2n) is 8.80. The number of hydrogen-bond donors (Lipinski definition) is 5. The molecule has 0 aromatic heterocycles. The van der Waals surface area contributed by atoms with Crippen LogP contribution < -0.4 is 9.47 Å². The van der Waals surface area contributed by atoms with Gasteiger partial charge in [0.25, 0.3) is 0 Å². The Morgan fingerprint density at radius 3 is 2.42 bits per heavy atom. The van der Waals surface area contributed by atoms with Crippen molar-refractivity contribution >= 4 is 5.78 Å². The highest BCUT2D eigenvalue weighted by Crippen LogP contribution is 2.36. The molecule has 0 aliphatic carbocycles. The summed E-state index contributed by atoms with van der Waals surface area (Å²) in [6, 6.07) is 8.95. The van der Waals surface area contributed by atoms with Crippen LogP contribution in [-0.4, -0.2) is 102 Å². The first-order valence-electron chi connectivity index (χ1n) is 12.6. The second-order valence-corrected chi connectivity index (χ2v) is 8.80. The van der Waals surface area contributed by atoms with Gasteiger partial charge in [0.15, 0.2) is 5.78 Å². The molecule has 4 atom stereocenters. The van der Waals surface area contributed by atoms with E-state index in [2.05, 4.69) is 10.0 Å². The van der Waals surface area contributed by atoms with E-state index in [0.717, 1.165) is 5.56 Å². The van der Waals surface area contributed by atoms with E-state index in [1.807, 2.05) is 0 Å². The van der Waals surface area contributed by atoms with Crippen LogP contribution >= 0.6 is 0 Å². The summed E-state index contributed by atoms with van der Waals surface area (Å²) in [5.74, 6) is -0.807. The molecule has 1 unspecified atom stereocenters. The lowest BCUT2D eigenvalue weighted by molar-refractivity contribution is -0.242. The molecule has 40 heavy (non-hydrogen) atoms. The molecule has 1 fully saturated rings. The lowest BCUT2D eigenvalue weighted by atomic mass is 10.0. The van der Waals surface area contributed by atoms with E-state index in [-0.39, 0.29) is 68.8 Å². The Hall–Kier alpha value is -3.62. The van der Waals surface area contributed by atoms with E-state index in [1.54, 1.807) is 12.1 Å². The van der Waals surface area contributed by atoms with Crippen molar-refractivity contribution in [1.29, 1.82) is 0 Å². The summed E-state index contributed by atoms with van der Waals surface area (Å²) in [5.41, 5.74) is 8.82. The van der Waals surface area contributed by atoms with Gasteiger partial charge in [0, 0.05) is 30.0 Å². The highest BCUT2D eigenvalue weighted by atomic mass is 16.7. The van der Waals surface area contributed by atoms with Crippen LogP contribution in [0.5, 0.6) is 23.0 Å². The Labute approximate surface area is 229 Å². The zero-order valence-corrected chi connectivity index (χ0v) is 21.7. The second kappa shape index (κ2) is 15.8. The standard InChI is InChI=1S/C26H33N3O11/c27-29-28-7-8-36-9-10-37-11-12-38-18-13-20(32)23(19(31)6-3-16-1-4-17(30)5-2-16)22(14-18)40-26-25(35)24(34)21(33)15-39-26/h1-2,4-5,13-14,21,24-26,30,32-35H,3,6-12,15H2/t21-,24-,25+,26?/m1/s1. The summed E-state index contributed by atoms with van der Waals surface area (Å²) in [6.45, 7) is 1.02. The number of ketones is 1. The zero-order valence-electron chi connectivity index (χ0n) is 21.7. The molecule has 5 N–H and O–H groups in total. The van der Waals surface area contributed by atoms with Crippen LogP contribution in [-0.2, 0) is 20.6 Å². The number of benzene rings is 2. The predicted molar refractivity (Wildman–Crippen MR) is 138 cm³/mol. The molecule has 1 heterocycles.